The summed E-state index contributed by atoms with van der Waals surface area (Å²) >= 11 is 12.0. The minimum absolute atomic E-state index is 0.305. The van der Waals surface area contributed by atoms with E-state index in [1.54, 1.807) is 12.1 Å². The van der Waals surface area contributed by atoms with Gasteiger partial charge in [-0.3, -0.25) is 0 Å². The molecule has 0 aliphatic carbocycles. The zero-order valence-corrected chi connectivity index (χ0v) is 10.7. The number of nitrogens with one attached hydrogen (secondary N) is 1. The van der Waals surface area contributed by atoms with Crippen molar-refractivity contribution in [1.82, 2.24) is 0 Å². The Morgan fingerprint density at radius 3 is 2.88 bits per heavy atom. The predicted octanol–water partition coefficient (Wildman–Crippen LogP) is 2.35. The first-order chi connectivity index (χ1) is 8.02. The van der Waals surface area contributed by atoms with Crippen molar-refractivity contribution in [2.24, 2.45) is 5.73 Å². The van der Waals surface area contributed by atoms with Gasteiger partial charge >= 0.3 is 5.97 Å². The number of carbonyl (C=O) groups excluding carboxylic acids is 1. The van der Waals surface area contributed by atoms with Crippen LogP contribution >= 0.6 is 23.2 Å². The molecule has 0 saturated heterocycles. The molecule has 0 unspecified atom stereocenters. The number of benzene rings is 1. The molecule has 17 heavy (non-hydrogen) atoms. The number of ether oxygens (including phenoxy) is 1. The van der Waals surface area contributed by atoms with Crippen LogP contribution in [-0.4, -0.2) is 19.1 Å². The summed E-state index contributed by atoms with van der Waals surface area (Å²) in [6.45, 7) is 0. The summed E-state index contributed by atoms with van der Waals surface area (Å²) in [6, 6.07) is 2.58. The van der Waals surface area contributed by atoms with Crippen LogP contribution in [0, 0.1) is 0 Å². The van der Waals surface area contributed by atoms with Gasteiger partial charge in [-0.2, -0.15) is 0 Å². The number of hydrogen-bond acceptors (Lipinski definition) is 4. The lowest BCUT2D eigenvalue weighted by atomic mass is 9.93. The van der Waals surface area contributed by atoms with Gasteiger partial charge in [0.25, 0.3) is 0 Å². The second kappa shape index (κ2) is 4.72. The minimum atomic E-state index is -0.461. The van der Waals surface area contributed by atoms with Crippen molar-refractivity contribution in [1.29, 1.82) is 0 Å². The fourth-order valence-electron chi connectivity index (χ4n) is 2.00. The van der Waals surface area contributed by atoms with Crippen LogP contribution in [0.2, 0.25) is 10.0 Å². The summed E-state index contributed by atoms with van der Waals surface area (Å²) in [5.41, 5.74) is 7.48. The van der Waals surface area contributed by atoms with Gasteiger partial charge in [-0.15, -0.1) is 0 Å². The Bertz CT molecular complexity index is 465. The van der Waals surface area contributed by atoms with Gasteiger partial charge in [0.1, 0.15) is 6.04 Å². The standard InChI is InChI=1S/C11H12Cl2N2O2/c1-17-11(16)9-4-7(14)10-6(13)2-5(12)3-8(10)15-9/h2-3,7,9,15H,4,14H2,1H3/t7-,9+/m0/s1. The second-order valence-electron chi connectivity index (χ2n) is 3.91. The van der Waals surface area contributed by atoms with Crippen LogP contribution in [0.5, 0.6) is 0 Å². The number of anilines is 1. The summed E-state index contributed by atoms with van der Waals surface area (Å²) in [7, 11) is 1.34. The van der Waals surface area contributed by atoms with Gasteiger partial charge in [-0.25, -0.2) is 4.79 Å². The highest BCUT2D eigenvalue weighted by atomic mass is 35.5. The van der Waals surface area contributed by atoms with E-state index in [0.29, 0.717) is 22.2 Å². The van der Waals surface area contributed by atoms with Crippen molar-refractivity contribution in [2.75, 3.05) is 12.4 Å². The number of hydrogen-bond donors (Lipinski definition) is 2. The molecule has 0 aromatic heterocycles. The van der Waals surface area contributed by atoms with E-state index in [0.717, 1.165) is 5.56 Å². The molecule has 1 aliphatic rings. The fraction of sp³-hybridized carbons (Fsp3) is 0.364. The third kappa shape index (κ3) is 2.34. The first-order valence-corrected chi connectivity index (χ1v) is 5.87. The zero-order valence-electron chi connectivity index (χ0n) is 9.17. The van der Waals surface area contributed by atoms with Crippen molar-refractivity contribution < 1.29 is 9.53 Å². The van der Waals surface area contributed by atoms with E-state index >= 15 is 0 Å². The summed E-state index contributed by atoms with van der Waals surface area (Å²) in [4.78, 5) is 11.5. The molecule has 0 saturated carbocycles. The minimum Gasteiger partial charge on any atom is -0.467 e. The Morgan fingerprint density at radius 2 is 2.24 bits per heavy atom. The number of carbonyl (C=O) groups is 1. The highest BCUT2D eigenvalue weighted by Crippen LogP contribution is 2.38. The molecule has 2 rings (SSSR count). The SMILES string of the molecule is COC(=O)[C@H]1C[C@H](N)c2c(Cl)cc(Cl)cc2N1. The van der Waals surface area contributed by atoms with Gasteiger partial charge in [0, 0.05) is 27.3 Å². The lowest BCUT2D eigenvalue weighted by molar-refractivity contribution is -0.141. The maximum Gasteiger partial charge on any atom is 0.328 e. The number of methoxy groups -OCH3 is 1. The topological polar surface area (TPSA) is 64.3 Å². The highest BCUT2D eigenvalue weighted by Gasteiger charge is 2.31. The molecular weight excluding hydrogens is 263 g/mol. The highest BCUT2D eigenvalue weighted by molar-refractivity contribution is 6.35. The first kappa shape index (κ1) is 12.5. The molecule has 92 valence electrons. The van der Waals surface area contributed by atoms with Crippen molar-refractivity contribution >= 4 is 34.9 Å². The number of esters is 1. The van der Waals surface area contributed by atoms with Gasteiger partial charge in [0.2, 0.25) is 0 Å². The monoisotopic (exact) mass is 274 g/mol. The Kier molecular flexibility index (Phi) is 3.47. The predicted molar refractivity (Wildman–Crippen MR) is 67.4 cm³/mol. The van der Waals surface area contributed by atoms with E-state index < -0.39 is 6.04 Å². The molecule has 1 heterocycles. The molecule has 2 atom stereocenters. The third-order valence-corrected chi connectivity index (χ3v) is 3.30. The Hall–Kier alpha value is -0.970. The average Bonchev–Trinajstić information content (AvgIpc) is 2.26. The lowest BCUT2D eigenvalue weighted by Gasteiger charge is -2.30. The van der Waals surface area contributed by atoms with Crippen molar-refractivity contribution in [2.45, 2.75) is 18.5 Å². The van der Waals surface area contributed by atoms with E-state index in [4.69, 9.17) is 33.7 Å². The van der Waals surface area contributed by atoms with Gasteiger partial charge in [0.15, 0.2) is 0 Å². The molecule has 0 bridgehead atoms. The fourth-order valence-corrected chi connectivity index (χ4v) is 2.63. The molecule has 0 spiro atoms. The number of fused-ring (bicyclic) bond motifs is 1. The quantitative estimate of drug-likeness (QED) is 0.772. The normalized spacial score (nSPS) is 22.6. The van der Waals surface area contributed by atoms with Crippen LogP contribution in [-0.2, 0) is 9.53 Å². The van der Waals surface area contributed by atoms with Gasteiger partial charge in [-0.1, -0.05) is 23.2 Å². The van der Waals surface area contributed by atoms with Crippen LogP contribution in [0.4, 0.5) is 5.69 Å². The van der Waals surface area contributed by atoms with Crippen LogP contribution in [0.3, 0.4) is 0 Å². The first-order valence-electron chi connectivity index (χ1n) is 5.12. The molecule has 1 aliphatic heterocycles. The summed E-state index contributed by atoms with van der Waals surface area (Å²) in [5.74, 6) is -0.345. The van der Waals surface area contributed by atoms with Crippen LogP contribution in [0.1, 0.15) is 18.0 Å². The summed E-state index contributed by atoms with van der Waals surface area (Å²) in [5, 5.41) is 4.05. The molecule has 0 amide bonds. The number of nitrogens with two attached hydrogens (primary N) is 1. The lowest BCUT2D eigenvalue weighted by Crippen LogP contribution is -2.38. The van der Waals surface area contributed by atoms with E-state index in [1.807, 2.05) is 0 Å². The summed E-state index contributed by atoms with van der Waals surface area (Å²) < 4.78 is 4.69. The van der Waals surface area contributed by atoms with E-state index in [9.17, 15) is 4.79 Å². The van der Waals surface area contributed by atoms with E-state index in [-0.39, 0.29) is 12.0 Å². The van der Waals surface area contributed by atoms with Crippen molar-refractivity contribution in [3.8, 4) is 0 Å². The maximum absolute atomic E-state index is 11.5. The number of halogens is 2. The van der Waals surface area contributed by atoms with Crippen LogP contribution < -0.4 is 11.1 Å². The van der Waals surface area contributed by atoms with E-state index in [2.05, 4.69) is 5.32 Å². The molecule has 3 N–H and O–H groups in total. The average molecular weight is 275 g/mol. The Balaban J connectivity index is 2.39. The Labute approximate surface area is 109 Å². The molecule has 1 aromatic carbocycles. The molecule has 1 aromatic rings. The van der Waals surface area contributed by atoms with Gasteiger partial charge in [0.05, 0.1) is 7.11 Å². The largest absolute Gasteiger partial charge is 0.467 e. The number of rotatable bonds is 1. The van der Waals surface area contributed by atoms with Crippen molar-refractivity contribution in [3.05, 3.63) is 27.7 Å². The Morgan fingerprint density at radius 1 is 1.53 bits per heavy atom. The van der Waals surface area contributed by atoms with Crippen LogP contribution in [0.15, 0.2) is 12.1 Å². The van der Waals surface area contributed by atoms with Gasteiger partial charge < -0.3 is 15.8 Å². The van der Waals surface area contributed by atoms with Gasteiger partial charge in [-0.05, 0) is 18.6 Å². The van der Waals surface area contributed by atoms with Crippen molar-refractivity contribution in [3.63, 3.8) is 0 Å². The summed E-state index contributed by atoms with van der Waals surface area (Å²) in [6.07, 6.45) is 0.445. The molecule has 0 radical (unpaired) electrons. The maximum atomic E-state index is 11.5. The second-order valence-corrected chi connectivity index (χ2v) is 4.75. The smallest absolute Gasteiger partial charge is 0.328 e. The van der Waals surface area contributed by atoms with E-state index in [1.165, 1.54) is 7.11 Å². The third-order valence-electron chi connectivity index (χ3n) is 2.77. The molecular formula is C11H12Cl2N2O2. The zero-order chi connectivity index (χ0) is 12.6. The van der Waals surface area contributed by atoms with Crippen LogP contribution in [0.25, 0.3) is 0 Å². The molecule has 0 fully saturated rings. The molecule has 4 nitrogen and oxygen atoms in total. The molecule has 6 heteroatoms.